The molecule has 3 rings (SSSR count). The zero-order chi connectivity index (χ0) is 15.7. The number of rotatable bonds is 5. The number of sulfone groups is 1. The first-order valence-electron chi connectivity index (χ1n) is 8.37. The van der Waals surface area contributed by atoms with Crippen molar-refractivity contribution >= 4 is 15.7 Å². The molecule has 1 N–H and O–H groups in total. The van der Waals surface area contributed by atoms with E-state index in [0.717, 1.165) is 44.9 Å². The first kappa shape index (κ1) is 16.2. The number of nitrogens with one attached hydrogen (secondary N) is 1. The van der Waals surface area contributed by atoms with Gasteiger partial charge in [0.15, 0.2) is 0 Å². The van der Waals surface area contributed by atoms with E-state index in [0.29, 0.717) is 12.6 Å². The van der Waals surface area contributed by atoms with Crippen LogP contribution >= 0.6 is 0 Å². The predicted molar refractivity (Wildman–Crippen MR) is 85.4 cm³/mol. The Morgan fingerprint density at radius 3 is 2.36 bits per heavy atom. The number of nitrogens with zero attached hydrogens (tertiary/aromatic N) is 2. The molecule has 2 aliphatic heterocycles. The average molecular weight is 329 g/mol. The van der Waals surface area contributed by atoms with Gasteiger partial charge in [0.25, 0.3) is 0 Å². The minimum absolute atomic E-state index is 0.00756. The SMILES string of the molecule is CS(=O)(=O)CCN1CCN(C(=O)C2CCC(C3CC3)N2)CC1. The molecule has 3 fully saturated rings. The fourth-order valence-corrected chi connectivity index (χ4v) is 4.13. The lowest BCUT2D eigenvalue weighted by Crippen LogP contribution is -2.54. The molecule has 6 nitrogen and oxygen atoms in total. The van der Waals surface area contributed by atoms with Crippen molar-refractivity contribution in [3.63, 3.8) is 0 Å². The van der Waals surface area contributed by atoms with Crippen LogP contribution in [-0.4, -0.2) is 80.9 Å². The van der Waals surface area contributed by atoms with Gasteiger partial charge in [-0.3, -0.25) is 9.69 Å². The highest BCUT2D eigenvalue weighted by atomic mass is 32.2. The van der Waals surface area contributed by atoms with Crippen LogP contribution in [0.5, 0.6) is 0 Å². The molecule has 0 radical (unpaired) electrons. The van der Waals surface area contributed by atoms with Gasteiger partial charge >= 0.3 is 0 Å². The minimum Gasteiger partial charge on any atom is -0.339 e. The van der Waals surface area contributed by atoms with E-state index < -0.39 is 9.84 Å². The van der Waals surface area contributed by atoms with Crippen LogP contribution in [0.15, 0.2) is 0 Å². The first-order valence-corrected chi connectivity index (χ1v) is 10.4. The van der Waals surface area contributed by atoms with Crippen LogP contribution in [0, 0.1) is 5.92 Å². The summed E-state index contributed by atoms with van der Waals surface area (Å²) in [5, 5.41) is 3.52. The maximum absolute atomic E-state index is 12.6. The molecule has 3 aliphatic rings. The van der Waals surface area contributed by atoms with E-state index in [1.807, 2.05) is 4.90 Å². The molecule has 7 heteroatoms. The molecule has 1 aliphatic carbocycles. The Balaban J connectivity index is 1.42. The summed E-state index contributed by atoms with van der Waals surface area (Å²) in [6.45, 7) is 3.57. The first-order chi connectivity index (χ1) is 10.4. The van der Waals surface area contributed by atoms with E-state index in [2.05, 4.69) is 10.2 Å². The summed E-state index contributed by atoms with van der Waals surface area (Å²) in [4.78, 5) is 16.6. The maximum Gasteiger partial charge on any atom is 0.239 e. The van der Waals surface area contributed by atoms with Crippen molar-refractivity contribution in [2.45, 2.75) is 37.8 Å². The van der Waals surface area contributed by atoms with Gasteiger partial charge in [0.1, 0.15) is 9.84 Å². The molecule has 2 unspecified atom stereocenters. The van der Waals surface area contributed by atoms with Crippen LogP contribution in [0.25, 0.3) is 0 Å². The van der Waals surface area contributed by atoms with Gasteiger partial charge in [-0.2, -0.15) is 0 Å². The van der Waals surface area contributed by atoms with Crippen molar-refractivity contribution in [1.29, 1.82) is 0 Å². The van der Waals surface area contributed by atoms with Gasteiger partial charge in [-0.1, -0.05) is 0 Å². The summed E-state index contributed by atoms with van der Waals surface area (Å²) in [6, 6.07) is 0.568. The third-order valence-corrected chi connectivity index (χ3v) is 6.06. The highest BCUT2D eigenvalue weighted by Crippen LogP contribution is 2.37. The Labute approximate surface area is 133 Å². The molecule has 0 aromatic heterocycles. The quantitative estimate of drug-likeness (QED) is 0.750. The van der Waals surface area contributed by atoms with Crippen molar-refractivity contribution in [2.24, 2.45) is 5.92 Å². The maximum atomic E-state index is 12.6. The van der Waals surface area contributed by atoms with Crippen LogP contribution < -0.4 is 5.32 Å². The van der Waals surface area contributed by atoms with Crippen molar-refractivity contribution < 1.29 is 13.2 Å². The normalized spacial score (nSPS) is 30.7. The third kappa shape index (κ3) is 4.20. The van der Waals surface area contributed by atoms with E-state index in [1.165, 1.54) is 19.1 Å². The summed E-state index contributed by atoms with van der Waals surface area (Å²) < 4.78 is 22.4. The number of amides is 1. The van der Waals surface area contributed by atoms with E-state index in [-0.39, 0.29) is 17.7 Å². The molecule has 1 amide bonds. The zero-order valence-corrected chi connectivity index (χ0v) is 14.1. The highest BCUT2D eigenvalue weighted by molar-refractivity contribution is 7.90. The Bertz CT molecular complexity index is 510. The van der Waals surface area contributed by atoms with Crippen molar-refractivity contribution in [1.82, 2.24) is 15.1 Å². The molecule has 0 aromatic carbocycles. The van der Waals surface area contributed by atoms with E-state index in [9.17, 15) is 13.2 Å². The van der Waals surface area contributed by atoms with Gasteiger partial charge in [0, 0.05) is 45.0 Å². The van der Waals surface area contributed by atoms with Gasteiger partial charge in [0.05, 0.1) is 11.8 Å². The lowest BCUT2D eigenvalue weighted by Gasteiger charge is -2.36. The second-order valence-electron chi connectivity index (χ2n) is 7.04. The second kappa shape index (κ2) is 6.45. The Hall–Kier alpha value is -0.660. The molecule has 0 spiro atoms. The molecule has 2 saturated heterocycles. The Morgan fingerprint density at radius 2 is 1.77 bits per heavy atom. The molecular weight excluding hydrogens is 302 g/mol. The number of carbonyl (C=O) groups is 1. The number of hydrogen-bond acceptors (Lipinski definition) is 5. The van der Waals surface area contributed by atoms with E-state index >= 15 is 0 Å². The molecule has 22 heavy (non-hydrogen) atoms. The molecule has 2 heterocycles. The summed E-state index contributed by atoms with van der Waals surface area (Å²) in [7, 11) is -2.91. The van der Waals surface area contributed by atoms with Gasteiger partial charge in [-0.15, -0.1) is 0 Å². The van der Waals surface area contributed by atoms with Crippen LogP contribution in [-0.2, 0) is 14.6 Å². The van der Waals surface area contributed by atoms with Crippen LogP contribution in [0.1, 0.15) is 25.7 Å². The van der Waals surface area contributed by atoms with Crippen molar-refractivity contribution in [3.8, 4) is 0 Å². The fourth-order valence-electron chi connectivity index (χ4n) is 3.54. The largest absolute Gasteiger partial charge is 0.339 e. The summed E-state index contributed by atoms with van der Waals surface area (Å²) in [5.41, 5.74) is 0. The van der Waals surface area contributed by atoms with Crippen LogP contribution in [0.3, 0.4) is 0 Å². The zero-order valence-electron chi connectivity index (χ0n) is 13.3. The van der Waals surface area contributed by atoms with E-state index in [4.69, 9.17) is 0 Å². The van der Waals surface area contributed by atoms with Crippen LogP contribution in [0.4, 0.5) is 0 Å². The Morgan fingerprint density at radius 1 is 1.09 bits per heavy atom. The van der Waals surface area contributed by atoms with Crippen molar-refractivity contribution in [3.05, 3.63) is 0 Å². The van der Waals surface area contributed by atoms with Gasteiger partial charge in [0.2, 0.25) is 5.91 Å². The molecule has 126 valence electrons. The third-order valence-electron chi connectivity index (χ3n) is 5.13. The van der Waals surface area contributed by atoms with Gasteiger partial charge < -0.3 is 10.2 Å². The fraction of sp³-hybridized carbons (Fsp3) is 0.933. The van der Waals surface area contributed by atoms with Crippen molar-refractivity contribution in [2.75, 3.05) is 44.7 Å². The molecule has 2 atom stereocenters. The predicted octanol–water partition coefficient (Wildman–Crippen LogP) is -0.294. The molecule has 0 aromatic rings. The minimum atomic E-state index is -2.91. The summed E-state index contributed by atoms with van der Waals surface area (Å²) >= 11 is 0. The smallest absolute Gasteiger partial charge is 0.239 e. The van der Waals surface area contributed by atoms with Gasteiger partial charge in [-0.25, -0.2) is 8.42 Å². The van der Waals surface area contributed by atoms with Gasteiger partial charge in [-0.05, 0) is 31.6 Å². The number of carbonyl (C=O) groups excluding carboxylic acids is 1. The number of piperazine rings is 1. The monoisotopic (exact) mass is 329 g/mol. The molecular formula is C15H27N3O3S. The topological polar surface area (TPSA) is 69.7 Å². The lowest BCUT2D eigenvalue weighted by molar-refractivity contribution is -0.134. The standard InChI is InChI=1S/C15H27N3O3S/c1-22(20,21)11-10-17-6-8-18(9-7-17)15(19)14-5-4-13(16-14)12-2-3-12/h12-14,16H,2-11H2,1H3. The molecule has 0 bridgehead atoms. The summed E-state index contributed by atoms with van der Waals surface area (Å²) in [5.74, 6) is 1.25. The number of hydrogen-bond donors (Lipinski definition) is 1. The lowest BCUT2D eigenvalue weighted by atomic mass is 10.1. The molecule has 1 saturated carbocycles. The second-order valence-corrected chi connectivity index (χ2v) is 9.30. The van der Waals surface area contributed by atoms with Crippen LogP contribution in [0.2, 0.25) is 0 Å². The highest BCUT2D eigenvalue weighted by Gasteiger charge is 2.39. The Kier molecular flexibility index (Phi) is 4.75. The van der Waals surface area contributed by atoms with E-state index in [1.54, 1.807) is 0 Å². The summed E-state index contributed by atoms with van der Waals surface area (Å²) in [6.07, 6.45) is 6.01. The average Bonchev–Trinajstić information content (AvgIpc) is 3.22.